The minimum atomic E-state index is -1.31. The molecule has 0 unspecified atom stereocenters. The number of carbonyl (C=O) groups is 2. The quantitative estimate of drug-likeness (QED) is 0.494. The van der Waals surface area contributed by atoms with Crippen LogP contribution in [0, 0.1) is 6.92 Å². The number of hydrogen-bond acceptors (Lipinski definition) is 4. The topological polar surface area (TPSA) is 78.9 Å². The zero-order valence-corrected chi connectivity index (χ0v) is 20.0. The van der Waals surface area contributed by atoms with Crippen LogP contribution >= 0.6 is 23.2 Å². The number of halogens is 2. The van der Waals surface area contributed by atoms with Crippen LogP contribution in [0.1, 0.15) is 44.2 Å². The summed E-state index contributed by atoms with van der Waals surface area (Å²) in [7, 11) is 0. The number of nitrogens with zero attached hydrogens (tertiary/aromatic N) is 1. The van der Waals surface area contributed by atoms with Crippen molar-refractivity contribution in [2.75, 3.05) is 11.9 Å². The average Bonchev–Trinajstić information content (AvgIpc) is 2.64. The Morgan fingerprint density at radius 3 is 2.47 bits per heavy atom. The summed E-state index contributed by atoms with van der Waals surface area (Å²) in [6, 6.07) is 11.0. The number of ether oxygens (including phenoxy) is 1. The van der Waals surface area contributed by atoms with E-state index in [1.807, 2.05) is 19.1 Å². The number of benzene rings is 2. The molecular formula is C24H28Cl2N2O4. The zero-order valence-electron chi connectivity index (χ0n) is 18.5. The van der Waals surface area contributed by atoms with E-state index in [0.717, 1.165) is 30.4 Å². The molecule has 32 heavy (non-hydrogen) atoms. The summed E-state index contributed by atoms with van der Waals surface area (Å²) in [6.07, 6.45) is 3.27. The number of aryl methyl sites for hydroxylation is 1. The second-order valence-corrected chi connectivity index (χ2v) is 9.52. The highest BCUT2D eigenvalue weighted by atomic mass is 35.5. The monoisotopic (exact) mass is 478 g/mol. The van der Waals surface area contributed by atoms with Crippen molar-refractivity contribution in [1.29, 1.82) is 0 Å². The lowest BCUT2D eigenvalue weighted by molar-refractivity contribution is -0.152. The second kappa shape index (κ2) is 10.1. The van der Waals surface area contributed by atoms with E-state index in [2.05, 4.69) is 10.2 Å². The number of carboxylic acid groups (broad SMARTS) is 1. The maximum absolute atomic E-state index is 12.7. The molecule has 2 aromatic carbocycles. The Labute approximate surface area is 198 Å². The summed E-state index contributed by atoms with van der Waals surface area (Å²) in [4.78, 5) is 26.2. The summed E-state index contributed by atoms with van der Waals surface area (Å²) in [5.41, 5.74) is 1.11. The van der Waals surface area contributed by atoms with Gasteiger partial charge in [-0.3, -0.25) is 9.69 Å². The summed E-state index contributed by atoms with van der Waals surface area (Å²) in [6.45, 7) is 5.78. The maximum Gasteiger partial charge on any atom is 0.347 e. The zero-order chi connectivity index (χ0) is 23.5. The minimum absolute atomic E-state index is 0.138. The fourth-order valence-corrected chi connectivity index (χ4v) is 3.96. The van der Waals surface area contributed by atoms with Gasteiger partial charge in [0.15, 0.2) is 5.60 Å². The van der Waals surface area contributed by atoms with Gasteiger partial charge in [0.2, 0.25) is 5.91 Å². The molecule has 0 aliphatic heterocycles. The van der Waals surface area contributed by atoms with E-state index in [4.69, 9.17) is 27.9 Å². The number of aliphatic carboxylic acids is 1. The third-order valence-electron chi connectivity index (χ3n) is 5.65. The molecule has 1 aliphatic carbocycles. The van der Waals surface area contributed by atoms with Gasteiger partial charge in [0.05, 0.1) is 17.3 Å². The molecule has 0 radical (unpaired) electrons. The van der Waals surface area contributed by atoms with E-state index in [-0.39, 0.29) is 12.5 Å². The molecule has 6 nitrogen and oxygen atoms in total. The lowest BCUT2D eigenvalue weighted by Crippen LogP contribution is -2.44. The predicted octanol–water partition coefficient (Wildman–Crippen LogP) is 5.54. The number of rotatable bonds is 9. The Morgan fingerprint density at radius 1 is 1.19 bits per heavy atom. The maximum atomic E-state index is 12.7. The van der Waals surface area contributed by atoms with Crippen LogP contribution in [0.5, 0.6) is 5.75 Å². The van der Waals surface area contributed by atoms with Crippen LogP contribution in [0.2, 0.25) is 10.0 Å². The number of nitrogens with one attached hydrogen (secondary N) is 1. The fourth-order valence-electron chi connectivity index (χ4n) is 3.51. The van der Waals surface area contributed by atoms with E-state index >= 15 is 0 Å². The lowest BCUT2D eigenvalue weighted by Gasteiger charge is -2.37. The van der Waals surface area contributed by atoms with E-state index in [1.165, 1.54) is 13.8 Å². The van der Waals surface area contributed by atoms with Gasteiger partial charge in [-0.2, -0.15) is 0 Å². The highest BCUT2D eigenvalue weighted by molar-refractivity contribution is 6.36. The second-order valence-electron chi connectivity index (χ2n) is 8.68. The minimum Gasteiger partial charge on any atom is -0.478 e. The van der Waals surface area contributed by atoms with Crippen molar-refractivity contribution in [3.63, 3.8) is 0 Å². The van der Waals surface area contributed by atoms with Crippen LogP contribution in [0.3, 0.4) is 0 Å². The van der Waals surface area contributed by atoms with Crippen LogP contribution in [-0.2, 0) is 16.1 Å². The normalized spacial score (nSPS) is 14.2. The first-order valence-electron chi connectivity index (χ1n) is 10.6. The molecule has 0 spiro atoms. The average molecular weight is 479 g/mol. The van der Waals surface area contributed by atoms with Crippen molar-refractivity contribution in [2.45, 2.75) is 58.2 Å². The predicted molar refractivity (Wildman–Crippen MR) is 127 cm³/mol. The molecule has 8 heteroatoms. The summed E-state index contributed by atoms with van der Waals surface area (Å²) < 4.78 is 5.69. The summed E-state index contributed by atoms with van der Waals surface area (Å²) in [5, 5.41) is 13.1. The summed E-state index contributed by atoms with van der Waals surface area (Å²) >= 11 is 12.1. The molecule has 172 valence electrons. The number of hydrogen-bond donors (Lipinski definition) is 2. The Hall–Kier alpha value is -2.28. The van der Waals surface area contributed by atoms with Gasteiger partial charge < -0.3 is 15.2 Å². The van der Waals surface area contributed by atoms with E-state index < -0.39 is 11.6 Å². The van der Waals surface area contributed by atoms with Crippen LogP contribution in [0.15, 0.2) is 36.4 Å². The Morgan fingerprint density at radius 2 is 1.91 bits per heavy atom. The van der Waals surface area contributed by atoms with Crippen LogP contribution < -0.4 is 10.1 Å². The SMILES string of the molecule is Cc1cc(CN(CC(=O)Nc2ccc(Cl)cc2Cl)C2CCC2)ccc1OC(C)(C)C(=O)O. The van der Waals surface area contributed by atoms with E-state index in [9.17, 15) is 14.7 Å². The number of carbonyl (C=O) groups excluding carboxylic acids is 1. The number of carboxylic acids is 1. The first kappa shape index (κ1) is 24.4. The molecule has 3 rings (SSSR count). The van der Waals surface area contributed by atoms with Gasteiger partial charge in [0.25, 0.3) is 0 Å². The van der Waals surface area contributed by atoms with Gasteiger partial charge in [-0.15, -0.1) is 0 Å². The molecule has 1 fully saturated rings. The molecule has 2 aromatic rings. The van der Waals surface area contributed by atoms with Gasteiger partial charge in [-0.05, 0) is 69.0 Å². The molecule has 0 atom stereocenters. The van der Waals surface area contributed by atoms with E-state index in [0.29, 0.717) is 34.1 Å². The molecule has 1 saturated carbocycles. The van der Waals surface area contributed by atoms with Crippen molar-refractivity contribution in [3.8, 4) is 5.75 Å². The van der Waals surface area contributed by atoms with Crippen molar-refractivity contribution in [2.24, 2.45) is 0 Å². The third kappa shape index (κ3) is 6.15. The highest BCUT2D eigenvalue weighted by Gasteiger charge is 2.30. The largest absolute Gasteiger partial charge is 0.478 e. The van der Waals surface area contributed by atoms with Crippen LogP contribution in [-0.4, -0.2) is 40.1 Å². The molecular weight excluding hydrogens is 451 g/mol. The first-order valence-corrected chi connectivity index (χ1v) is 11.3. The standard InChI is InChI=1S/C24H28Cl2N2O4/c1-15-11-16(7-10-21(15)32-24(2,3)23(30)31)13-28(18-5-4-6-18)14-22(29)27-20-9-8-17(25)12-19(20)26/h7-12,18H,4-6,13-14H2,1-3H3,(H,27,29)(H,30,31). The van der Waals surface area contributed by atoms with Gasteiger partial charge in [-0.1, -0.05) is 41.8 Å². The third-order valence-corrected chi connectivity index (χ3v) is 6.20. The van der Waals surface area contributed by atoms with Crippen LogP contribution in [0.4, 0.5) is 5.69 Å². The van der Waals surface area contributed by atoms with E-state index in [1.54, 1.807) is 24.3 Å². The molecule has 1 aliphatic rings. The van der Waals surface area contributed by atoms with Crippen molar-refractivity contribution in [3.05, 3.63) is 57.6 Å². The molecule has 0 aromatic heterocycles. The van der Waals surface area contributed by atoms with Crippen LogP contribution in [0.25, 0.3) is 0 Å². The lowest BCUT2D eigenvalue weighted by atomic mass is 9.91. The van der Waals surface area contributed by atoms with Crippen molar-refractivity contribution < 1.29 is 19.4 Å². The Bertz CT molecular complexity index is 1010. The summed E-state index contributed by atoms with van der Waals surface area (Å²) in [5.74, 6) is -0.628. The van der Waals surface area contributed by atoms with Crippen molar-refractivity contribution in [1.82, 2.24) is 4.90 Å². The number of anilines is 1. The molecule has 0 bridgehead atoms. The highest BCUT2D eigenvalue weighted by Crippen LogP contribution is 2.29. The van der Waals surface area contributed by atoms with Gasteiger partial charge in [0, 0.05) is 17.6 Å². The molecule has 2 N–H and O–H groups in total. The van der Waals surface area contributed by atoms with Crippen molar-refractivity contribution >= 4 is 40.8 Å². The van der Waals surface area contributed by atoms with Gasteiger partial charge in [-0.25, -0.2) is 4.79 Å². The smallest absolute Gasteiger partial charge is 0.347 e. The fraction of sp³-hybridized carbons (Fsp3) is 0.417. The van der Waals surface area contributed by atoms with Gasteiger partial charge in [0.1, 0.15) is 5.75 Å². The number of amides is 1. The molecule has 0 saturated heterocycles. The Balaban J connectivity index is 1.68. The first-order chi connectivity index (χ1) is 15.0. The Kier molecular flexibility index (Phi) is 7.70. The molecule has 0 heterocycles. The molecule has 1 amide bonds. The van der Waals surface area contributed by atoms with Gasteiger partial charge >= 0.3 is 5.97 Å².